The Morgan fingerprint density at radius 3 is 2.65 bits per heavy atom. The van der Waals surface area contributed by atoms with E-state index in [9.17, 15) is 4.39 Å². The molecule has 1 aromatic heterocycles. The van der Waals surface area contributed by atoms with Crippen LogP contribution in [-0.4, -0.2) is 9.78 Å². The smallest absolute Gasteiger partial charge is 0.123 e. The summed E-state index contributed by atoms with van der Waals surface area (Å²) in [5.74, 6) is -0.219. The van der Waals surface area contributed by atoms with Crippen molar-refractivity contribution >= 4 is 0 Å². The van der Waals surface area contributed by atoms with Crippen LogP contribution in [0.4, 0.5) is 4.39 Å². The molecule has 3 aromatic rings. The number of hydrogen-bond acceptors (Lipinski definition) is 1. The van der Waals surface area contributed by atoms with Crippen LogP contribution in [0.3, 0.4) is 0 Å². The molecular weight excluding hydrogens is 251 g/mol. The highest BCUT2D eigenvalue weighted by Gasteiger charge is 2.18. The van der Waals surface area contributed by atoms with E-state index in [1.807, 2.05) is 4.68 Å². The van der Waals surface area contributed by atoms with Crippen molar-refractivity contribution < 1.29 is 4.39 Å². The second-order valence-corrected chi connectivity index (χ2v) is 5.05. The molecule has 0 spiro atoms. The van der Waals surface area contributed by atoms with Gasteiger partial charge in [-0.15, -0.1) is 0 Å². The topological polar surface area (TPSA) is 17.8 Å². The molecule has 2 heterocycles. The van der Waals surface area contributed by atoms with Crippen LogP contribution in [0.2, 0.25) is 0 Å². The van der Waals surface area contributed by atoms with Gasteiger partial charge in [-0.05, 0) is 42.3 Å². The van der Waals surface area contributed by atoms with Gasteiger partial charge in [0.15, 0.2) is 0 Å². The number of benzene rings is 2. The summed E-state index contributed by atoms with van der Waals surface area (Å²) in [5.41, 5.74) is 5.61. The fourth-order valence-electron chi connectivity index (χ4n) is 2.78. The van der Waals surface area contributed by atoms with E-state index in [-0.39, 0.29) is 5.82 Å². The average Bonchev–Trinajstić information content (AvgIpc) is 2.92. The largest absolute Gasteiger partial charge is 0.264 e. The van der Waals surface area contributed by atoms with Crippen LogP contribution in [0.5, 0.6) is 0 Å². The Bertz CT molecular complexity index is 772. The van der Waals surface area contributed by atoms with Gasteiger partial charge in [-0.1, -0.05) is 24.3 Å². The Labute approximate surface area is 116 Å². The first-order chi connectivity index (χ1) is 9.81. The number of halogens is 1. The van der Waals surface area contributed by atoms with Crippen molar-refractivity contribution in [3.05, 3.63) is 66.0 Å². The summed E-state index contributed by atoms with van der Waals surface area (Å²) in [6.07, 6.45) is 1.01. The van der Waals surface area contributed by atoms with Crippen LogP contribution in [0.15, 0.2) is 54.6 Å². The highest BCUT2D eigenvalue weighted by atomic mass is 19.1. The SMILES string of the molecule is Fc1ccc(-c2cc3n(n2)CCc2ccccc2-3)cc1. The Morgan fingerprint density at radius 1 is 1.00 bits per heavy atom. The molecule has 0 fully saturated rings. The Morgan fingerprint density at radius 2 is 1.80 bits per heavy atom. The molecule has 0 aliphatic carbocycles. The van der Waals surface area contributed by atoms with Gasteiger partial charge in [0.25, 0.3) is 0 Å². The summed E-state index contributed by atoms with van der Waals surface area (Å²) in [4.78, 5) is 0. The van der Waals surface area contributed by atoms with Crippen LogP contribution in [0, 0.1) is 5.82 Å². The summed E-state index contributed by atoms with van der Waals surface area (Å²) in [6, 6.07) is 17.0. The molecule has 0 amide bonds. The van der Waals surface area contributed by atoms with E-state index in [4.69, 9.17) is 0 Å². The summed E-state index contributed by atoms with van der Waals surface area (Å²) >= 11 is 0. The molecule has 98 valence electrons. The third kappa shape index (κ3) is 1.74. The third-order valence-electron chi connectivity index (χ3n) is 3.81. The minimum atomic E-state index is -0.219. The molecular formula is C17H13FN2. The Kier molecular flexibility index (Phi) is 2.46. The van der Waals surface area contributed by atoms with Crippen LogP contribution in [0.1, 0.15) is 5.56 Å². The van der Waals surface area contributed by atoms with Crippen molar-refractivity contribution in [3.8, 4) is 22.5 Å². The van der Waals surface area contributed by atoms with Gasteiger partial charge in [0.2, 0.25) is 0 Å². The minimum absolute atomic E-state index is 0.219. The number of aryl methyl sites for hydroxylation is 2. The highest BCUT2D eigenvalue weighted by Crippen LogP contribution is 2.32. The zero-order valence-electron chi connectivity index (χ0n) is 10.9. The maximum absolute atomic E-state index is 13.0. The van der Waals surface area contributed by atoms with E-state index in [1.165, 1.54) is 23.3 Å². The van der Waals surface area contributed by atoms with Crippen molar-refractivity contribution in [1.82, 2.24) is 9.78 Å². The second-order valence-electron chi connectivity index (χ2n) is 5.05. The standard InChI is InChI=1S/C17H13FN2/c18-14-7-5-13(6-8-14)16-11-17-15-4-2-1-3-12(15)9-10-20(17)19-16/h1-8,11H,9-10H2. The first-order valence-corrected chi connectivity index (χ1v) is 6.73. The van der Waals surface area contributed by atoms with Crippen molar-refractivity contribution in [2.24, 2.45) is 0 Å². The molecule has 4 rings (SSSR count). The van der Waals surface area contributed by atoms with Gasteiger partial charge in [-0.3, -0.25) is 4.68 Å². The molecule has 0 atom stereocenters. The summed E-state index contributed by atoms with van der Waals surface area (Å²) in [7, 11) is 0. The third-order valence-corrected chi connectivity index (χ3v) is 3.81. The van der Waals surface area contributed by atoms with Gasteiger partial charge in [0, 0.05) is 17.7 Å². The molecule has 0 radical (unpaired) electrons. The molecule has 3 heteroatoms. The van der Waals surface area contributed by atoms with Crippen molar-refractivity contribution in [1.29, 1.82) is 0 Å². The zero-order chi connectivity index (χ0) is 13.5. The average molecular weight is 264 g/mol. The molecule has 0 saturated heterocycles. The fourth-order valence-corrected chi connectivity index (χ4v) is 2.78. The van der Waals surface area contributed by atoms with E-state index < -0.39 is 0 Å². The van der Waals surface area contributed by atoms with Gasteiger partial charge in [-0.2, -0.15) is 5.10 Å². The number of fused-ring (bicyclic) bond motifs is 3. The van der Waals surface area contributed by atoms with E-state index in [2.05, 4.69) is 35.4 Å². The molecule has 2 aromatic carbocycles. The number of hydrogen-bond donors (Lipinski definition) is 0. The monoisotopic (exact) mass is 264 g/mol. The molecule has 20 heavy (non-hydrogen) atoms. The van der Waals surface area contributed by atoms with Gasteiger partial charge < -0.3 is 0 Å². The van der Waals surface area contributed by atoms with Crippen LogP contribution >= 0.6 is 0 Å². The molecule has 0 saturated carbocycles. The number of rotatable bonds is 1. The van der Waals surface area contributed by atoms with Crippen molar-refractivity contribution in [3.63, 3.8) is 0 Å². The first kappa shape index (κ1) is 11.4. The van der Waals surface area contributed by atoms with Gasteiger partial charge in [0.1, 0.15) is 5.82 Å². The lowest BCUT2D eigenvalue weighted by atomic mass is 9.98. The summed E-state index contributed by atoms with van der Waals surface area (Å²) in [5, 5.41) is 4.64. The van der Waals surface area contributed by atoms with Crippen LogP contribution in [-0.2, 0) is 13.0 Å². The van der Waals surface area contributed by atoms with Crippen LogP contribution < -0.4 is 0 Å². The van der Waals surface area contributed by atoms with E-state index in [0.717, 1.165) is 29.9 Å². The fraction of sp³-hybridized carbons (Fsp3) is 0.118. The minimum Gasteiger partial charge on any atom is -0.264 e. The lowest BCUT2D eigenvalue weighted by molar-refractivity contribution is 0.609. The molecule has 2 nitrogen and oxygen atoms in total. The second kappa shape index (κ2) is 4.30. The Hall–Kier alpha value is -2.42. The zero-order valence-corrected chi connectivity index (χ0v) is 10.9. The molecule has 1 aliphatic rings. The summed E-state index contributed by atoms with van der Waals surface area (Å²) < 4.78 is 15.0. The highest BCUT2D eigenvalue weighted by molar-refractivity contribution is 5.71. The normalized spacial score (nSPS) is 12.8. The molecule has 1 aliphatic heterocycles. The van der Waals surface area contributed by atoms with Crippen molar-refractivity contribution in [2.45, 2.75) is 13.0 Å². The van der Waals surface area contributed by atoms with E-state index >= 15 is 0 Å². The molecule has 0 bridgehead atoms. The molecule has 0 N–H and O–H groups in total. The first-order valence-electron chi connectivity index (χ1n) is 6.73. The lowest BCUT2D eigenvalue weighted by Gasteiger charge is -2.17. The maximum Gasteiger partial charge on any atom is 0.123 e. The van der Waals surface area contributed by atoms with E-state index in [1.54, 1.807) is 12.1 Å². The molecule has 0 unspecified atom stereocenters. The predicted octanol–water partition coefficient (Wildman–Crippen LogP) is 3.91. The van der Waals surface area contributed by atoms with Gasteiger partial charge in [0.05, 0.1) is 11.4 Å². The lowest BCUT2D eigenvalue weighted by Crippen LogP contribution is -2.11. The van der Waals surface area contributed by atoms with Gasteiger partial charge in [-0.25, -0.2) is 4.39 Å². The van der Waals surface area contributed by atoms with Crippen LogP contribution in [0.25, 0.3) is 22.5 Å². The maximum atomic E-state index is 13.0. The predicted molar refractivity (Wildman–Crippen MR) is 76.8 cm³/mol. The van der Waals surface area contributed by atoms with Gasteiger partial charge >= 0.3 is 0 Å². The Balaban J connectivity index is 1.84. The van der Waals surface area contributed by atoms with Crippen molar-refractivity contribution in [2.75, 3.05) is 0 Å². The van der Waals surface area contributed by atoms with E-state index in [0.29, 0.717) is 0 Å². The number of aromatic nitrogens is 2. The quantitative estimate of drug-likeness (QED) is 0.651. The number of nitrogens with zero attached hydrogens (tertiary/aromatic N) is 2. The summed E-state index contributed by atoms with van der Waals surface area (Å²) in [6.45, 7) is 0.896.